The van der Waals surface area contributed by atoms with Crippen LogP contribution in [0.15, 0.2) is 58.3 Å². The van der Waals surface area contributed by atoms with Gasteiger partial charge in [-0.1, -0.05) is 30.0 Å². The minimum absolute atomic E-state index is 0.0307. The molecule has 0 atom stereocenters. The number of hydrogen-bond donors (Lipinski definition) is 1. The molecular formula is C25H24N4O6S2. The Morgan fingerprint density at radius 1 is 1.03 bits per heavy atom. The summed E-state index contributed by atoms with van der Waals surface area (Å²) in [6.07, 6.45) is 1.55. The molecule has 0 fully saturated rings. The zero-order valence-electron chi connectivity index (χ0n) is 20.3. The number of ether oxygens (including phenoxy) is 2. The van der Waals surface area contributed by atoms with Crippen molar-refractivity contribution in [1.82, 2.24) is 14.8 Å². The number of aromatic nitrogens is 3. The van der Waals surface area contributed by atoms with E-state index in [2.05, 4.69) is 15.5 Å². The molecule has 4 rings (SSSR count). The van der Waals surface area contributed by atoms with Gasteiger partial charge in [0.2, 0.25) is 11.7 Å². The Kier molecular flexibility index (Phi) is 8.41. The summed E-state index contributed by atoms with van der Waals surface area (Å²) in [6, 6.07) is 13.0. The molecule has 3 heterocycles. The SMILES string of the molecule is CCOC(=O)c1sc(NC(=O)CSc2nnc(-c3ccco3)n2-c2ccccc2)c(C(=O)OCC)c1C. The van der Waals surface area contributed by atoms with E-state index in [1.54, 1.807) is 43.7 Å². The second-order valence-electron chi connectivity index (χ2n) is 7.49. The van der Waals surface area contributed by atoms with Crippen molar-refractivity contribution in [2.45, 2.75) is 25.9 Å². The molecule has 0 unspecified atom stereocenters. The smallest absolute Gasteiger partial charge is 0.348 e. The molecule has 0 aliphatic carbocycles. The number of anilines is 1. The first-order valence-electron chi connectivity index (χ1n) is 11.4. The van der Waals surface area contributed by atoms with Crippen LogP contribution in [0.25, 0.3) is 17.3 Å². The van der Waals surface area contributed by atoms with Gasteiger partial charge in [-0.05, 0) is 50.6 Å². The van der Waals surface area contributed by atoms with Crippen molar-refractivity contribution < 1.29 is 28.3 Å². The van der Waals surface area contributed by atoms with Crippen molar-refractivity contribution >= 4 is 45.9 Å². The second-order valence-corrected chi connectivity index (χ2v) is 9.46. The first-order chi connectivity index (χ1) is 17.9. The van der Waals surface area contributed by atoms with Crippen molar-refractivity contribution in [3.63, 3.8) is 0 Å². The molecule has 3 aromatic heterocycles. The number of thiophene rings is 1. The molecule has 12 heteroatoms. The Labute approximate surface area is 221 Å². The normalized spacial score (nSPS) is 10.8. The van der Waals surface area contributed by atoms with Gasteiger partial charge in [0.15, 0.2) is 10.9 Å². The lowest BCUT2D eigenvalue weighted by Gasteiger charge is -2.09. The molecule has 0 aliphatic rings. The van der Waals surface area contributed by atoms with Crippen molar-refractivity contribution in [3.05, 3.63) is 64.7 Å². The van der Waals surface area contributed by atoms with Gasteiger partial charge >= 0.3 is 11.9 Å². The van der Waals surface area contributed by atoms with E-state index >= 15 is 0 Å². The maximum absolute atomic E-state index is 12.9. The number of esters is 2. The minimum Gasteiger partial charge on any atom is -0.462 e. The third-order valence-electron chi connectivity index (χ3n) is 5.06. The lowest BCUT2D eigenvalue weighted by atomic mass is 10.1. The van der Waals surface area contributed by atoms with Crippen LogP contribution in [0.3, 0.4) is 0 Å². The highest BCUT2D eigenvalue weighted by Gasteiger charge is 2.27. The van der Waals surface area contributed by atoms with Gasteiger partial charge in [0.25, 0.3) is 0 Å². The molecule has 10 nitrogen and oxygen atoms in total. The fraction of sp³-hybridized carbons (Fsp3) is 0.240. The maximum Gasteiger partial charge on any atom is 0.348 e. The van der Waals surface area contributed by atoms with Crippen molar-refractivity contribution in [2.24, 2.45) is 0 Å². The average molecular weight is 541 g/mol. The number of nitrogens with zero attached hydrogens (tertiary/aromatic N) is 3. The molecule has 4 aromatic rings. The molecule has 0 aliphatic heterocycles. The van der Waals surface area contributed by atoms with Crippen molar-refractivity contribution in [1.29, 1.82) is 0 Å². The monoisotopic (exact) mass is 540 g/mol. The van der Waals surface area contributed by atoms with Gasteiger partial charge in [0, 0.05) is 5.69 Å². The molecule has 0 saturated heterocycles. The third-order valence-corrected chi connectivity index (χ3v) is 7.18. The molecule has 0 radical (unpaired) electrons. The van der Waals surface area contributed by atoms with Crippen molar-refractivity contribution in [2.75, 3.05) is 24.3 Å². The fourth-order valence-electron chi connectivity index (χ4n) is 3.47. The summed E-state index contributed by atoms with van der Waals surface area (Å²) in [5.74, 6) is -0.580. The Hall–Kier alpha value is -3.90. The number of benzene rings is 1. The van der Waals surface area contributed by atoms with Crippen LogP contribution < -0.4 is 5.32 Å². The van der Waals surface area contributed by atoms with E-state index in [1.165, 1.54) is 11.8 Å². The summed E-state index contributed by atoms with van der Waals surface area (Å²) in [4.78, 5) is 38.2. The first-order valence-corrected chi connectivity index (χ1v) is 13.2. The van der Waals surface area contributed by atoms with Gasteiger partial charge in [0.05, 0.1) is 30.8 Å². The summed E-state index contributed by atoms with van der Waals surface area (Å²) in [5, 5.41) is 12.0. The molecule has 0 saturated carbocycles. The number of rotatable bonds is 10. The summed E-state index contributed by atoms with van der Waals surface area (Å²) in [6.45, 7) is 5.33. The summed E-state index contributed by atoms with van der Waals surface area (Å²) in [5.41, 5.74) is 1.34. The number of para-hydroxylation sites is 1. The van der Waals surface area contributed by atoms with Crippen molar-refractivity contribution in [3.8, 4) is 17.3 Å². The van der Waals surface area contributed by atoms with Gasteiger partial charge in [0.1, 0.15) is 9.88 Å². The van der Waals surface area contributed by atoms with Crippen LogP contribution in [0.4, 0.5) is 5.00 Å². The van der Waals surface area contributed by atoms with Crippen LogP contribution in [0.5, 0.6) is 0 Å². The predicted molar refractivity (Wildman–Crippen MR) is 139 cm³/mol. The number of hydrogen-bond acceptors (Lipinski definition) is 10. The first kappa shape index (κ1) is 26.2. The van der Waals surface area contributed by atoms with E-state index in [1.807, 2.05) is 30.3 Å². The summed E-state index contributed by atoms with van der Waals surface area (Å²) in [7, 11) is 0. The Morgan fingerprint density at radius 3 is 2.43 bits per heavy atom. The van der Waals surface area contributed by atoms with Crippen LogP contribution in [-0.2, 0) is 14.3 Å². The molecule has 0 bridgehead atoms. The van der Waals surface area contributed by atoms with Gasteiger partial charge in [-0.25, -0.2) is 9.59 Å². The molecule has 37 heavy (non-hydrogen) atoms. The Bertz CT molecular complexity index is 1400. The Balaban J connectivity index is 1.57. The minimum atomic E-state index is -0.623. The van der Waals surface area contributed by atoms with Crippen LogP contribution >= 0.6 is 23.1 Å². The van der Waals surface area contributed by atoms with Crippen LogP contribution in [0, 0.1) is 6.92 Å². The number of carbonyl (C=O) groups is 3. The molecule has 192 valence electrons. The highest BCUT2D eigenvalue weighted by Crippen LogP contribution is 2.35. The van der Waals surface area contributed by atoms with Gasteiger partial charge in [-0.3, -0.25) is 9.36 Å². The molecule has 1 N–H and O–H groups in total. The summed E-state index contributed by atoms with van der Waals surface area (Å²) >= 11 is 2.15. The largest absolute Gasteiger partial charge is 0.462 e. The zero-order chi connectivity index (χ0) is 26.4. The van der Waals surface area contributed by atoms with Gasteiger partial charge in [-0.2, -0.15) is 0 Å². The van der Waals surface area contributed by atoms with Gasteiger partial charge < -0.3 is 19.2 Å². The van der Waals surface area contributed by atoms with E-state index in [0.717, 1.165) is 17.0 Å². The van der Waals surface area contributed by atoms with E-state index in [4.69, 9.17) is 13.9 Å². The quantitative estimate of drug-likeness (QED) is 0.219. The standard InChI is InChI=1S/C25H24N4O6S2/c1-4-33-23(31)19-15(3)20(24(32)34-5-2)37-22(19)26-18(30)14-36-25-28-27-21(17-12-9-13-35-17)29(25)16-10-7-6-8-11-16/h6-13H,4-5,14H2,1-3H3,(H,26,30). The fourth-order valence-corrected chi connectivity index (χ4v) is 5.33. The number of thioether (sulfide) groups is 1. The van der Waals surface area contributed by atoms with E-state index in [-0.39, 0.29) is 34.4 Å². The maximum atomic E-state index is 12.9. The molecular weight excluding hydrogens is 516 g/mol. The molecule has 1 amide bonds. The third kappa shape index (κ3) is 5.75. The van der Waals surface area contributed by atoms with Crippen LogP contribution in [0.1, 0.15) is 39.4 Å². The summed E-state index contributed by atoms with van der Waals surface area (Å²) < 4.78 is 17.6. The number of carbonyl (C=O) groups excluding carboxylic acids is 3. The van der Waals surface area contributed by atoms with E-state index in [0.29, 0.717) is 22.3 Å². The Morgan fingerprint density at radius 2 is 1.76 bits per heavy atom. The lowest BCUT2D eigenvalue weighted by Crippen LogP contribution is -2.17. The number of amides is 1. The highest BCUT2D eigenvalue weighted by atomic mass is 32.2. The van der Waals surface area contributed by atoms with Crippen LogP contribution in [-0.4, -0.2) is 51.6 Å². The average Bonchev–Trinajstić information content (AvgIpc) is 3.62. The number of nitrogens with one attached hydrogen (secondary N) is 1. The lowest BCUT2D eigenvalue weighted by molar-refractivity contribution is -0.113. The van der Waals surface area contributed by atoms with E-state index < -0.39 is 17.8 Å². The van der Waals surface area contributed by atoms with E-state index in [9.17, 15) is 14.4 Å². The predicted octanol–water partition coefficient (Wildman–Crippen LogP) is 4.98. The zero-order valence-corrected chi connectivity index (χ0v) is 22.0. The number of furan rings is 1. The topological polar surface area (TPSA) is 126 Å². The molecule has 0 spiro atoms. The van der Waals surface area contributed by atoms with Gasteiger partial charge in [-0.15, -0.1) is 21.5 Å². The molecule has 1 aromatic carbocycles. The van der Waals surface area contributed by atoms with Crippen LogP contribution in [0.2, 0.25) is 0 Å². The second kappa shape index (κ2) is 11.9. The highest BCUT2D eigenvalue weighted by molar-refractivity contribution is 7.99.